The number of aromatic nitrogens is 1. The number of carbonyl (C=O) groups excluding carboxylic acids is 1. The van der Waals surface area contributed by atoms with E-state index in [0.717, 1.165) is 24.0 Å². The van der Waals surface area contributed by atoms with E-state index in [0.29, 0.717) is 23.0 Å². The molecule has 1 fully saturated rings. The van der Waals surface area contributed by atoms with Crippen LogP contribution in [0.5, 0.6) is 0 Å². The fourth-order valence-electron chi connectivity index (χ4n) is 3.44. The van der Waals surface area contributed by atoms with E-state index in [1.165, 1.54) is 0 Å². The van der Waals surface area contributed by atoms with Crippen LogP contribution in [0.1, 0.15) is 24.1 Å². The molecule has 0 aliphatic heterocycles. The smallest absolute Gasteiger partial charge is 0.235 e. The van der Waals surface area contributed by atoms with Crippen molar-refractivity contribution in [3.05, 3.63) is 76.9 Å². The Balaban J connectivity index is 1.57. The molecule has 1 heterocycles. The summed E-state index contributed by atoms with van der Waals surface area (Å²) < 4.78 is 5.51. The third kappa shape index (κ3) is 3.68. The molecule has 5 nitrogen and oxygen atoms in total. The predicted molar refractivity (Wildman–Crippen MR) is 107 cm³/mol. The Hall–Kier alpha value is -2.63. The Bertz CT molecular complexity index is 949. The van der Waals surface area contributed by atoms with E-state index >= 15 is 0 Å². The van der Waals surface area contributed by atoms with Gasteiger partial charge in [0, 0.05) is 29.7 Å². The first-order valence-electron chi connectivity index (χ1n) is 9.30. The molecule has 2 aromatic carbocycles. The Morgan fingerprint density at radius 2 is 1.86 bits per heavy atom. The summed E-state index contributed by atoms with van der Waals surface area (Å²) in [5.41, 5.74) is 1.89. The number of aliphatic hydroxyl groups excluding tert-OH is 1. The quantitative estimate of drug-likeness (QED) is 0.654. The van der Waals surface area contributed by atoms with E-state index in [1.54, 1.807) is 17.0 Å². The van der Waals surface area contributed by atoms with Gasteiger partial charge in [-0.2, -0.15) is 0 Å². The van der Waals surface area contributed by atoms with Crippen molar-refractivity contribution in [1.82, 2.24) is 10.1 Å². The predicted octanol–water partition coefficient (Wildman–Crippen LogP) is 4.05. The lowest BCUT2D eigenvalue weighted by Crippen LogP contribution is -2.40. The van der Waals surface area contributed by atoms with Crippen molar-refractivity contribution in [3.63, 3.8) is 0 Å². The van der Waals surface area contributed by atoms with Gasteiger partial charge in [-0.3, -0.25) is 4.79 Å². The summed E-state index contributed by atoms with van der Waals surface area (Å²) in [6.45, 7) is 0.671. The number of amides is 1. The van der Waals surface area contributed by atoms with Gasteiger partial charge in [0.25, 0.3) is 0 Å². The molecule has 3 aromatic rings. The Labute approximate surface area is 168 Å². The summed E-state index contributed by atoms with van der Waals surface area (Å²) in [4.78, 5) is 15.0. The first kappa shape index (κ1) is 18.7. The van der Waals surface area contributed by atoms with Crippen molar-refractivity contribution in [3.8, 4) is 11.3 Å². The topological polar surface area (TPSA) is 66.6 Å². The van der Waals surface area contributed by atoms with Crippen molar-refractivity contribution in [2.75, 3.05) is 13.2 Å². The summed E-state index contributed by atoms with van der Waals surface area (Å²) in [5.74, 6) is 0.601. The molecule has 1 amide bonds. The highest BCUT2D eigenvalue weighted by atomic mass is 35.5. The Morgan fingerprint density at radius 3 is 2.50 bits per heavy atom. The summed E-state index contributed by atoms with van der Waals surface area (Å²) in [7, 11) is 0. The molecule has 1 aliphatic rings. The maximum atomic E-state index is 13.3. The highest BCUT2D eigenvalue weighted by molar-refractivity contribution is 6.30. The van der Waals surface area contributed by atoms with E-state index < -0.39 is 5.41 Å². The number of nitrogens with zero attached hydrogens (tertiary/aromatic N) is 2. The number of carbonyl (C=O) groups is 1. The zero-order chi connectivity index (χ0) is 19.6. The normalized spacial score (nSPS) is 14.6. The van der Waals surface area contributed by atoms with Crippen LogP contribution >= 0.6 is 11.6 Å². The molecular weight excluding hydrogens is 376 g/mol. The largest absolute Gasteiger partial charge is 0.395 e. The van der Waals surface area contributed by atoms with Crippen LogP contribution in [0, 0.1) is 0 Å². The number of rotatable bonds is 7. The van der Waals surface area contributed by atoms with Gasteiger partial charge in [0.1, 0.15) is 0 Å². The molecule has 1 aliphatic carbocycles. The molecule has 4 rings (SSSR count). The number of hydrogen-bond acceptors (Lipinski definition) is 4. The first-order chi connectivity index (χ1) is 13.6. The molecule has 1 N–H and O–H groups in total. The van der Waals surface area contributed by atoms with Crippen LogP contribution in [0.3, 0.4) is 0 Å². The van der Waals surface area contributed by atoms with Crippen LogP contribution in [0.4, 0.5) is 0 Å². The van der Waals surface area contributed by atoms with Gasteiger partial charge in [-0.1, -0.05) is 47.1 Å². The molecule has 144 valence electrons. The molecule has 1 aromatic heterocycles. The van der Waals surface area contributed by atoms with E-state index in [2.05, 4.69) is 5.16 Å². The van der Waals surface area contributed by atoms with E-state index in [4.69, 9.17) is 16.1 Å². The number of hydrogen-bond donors (Lipinski definition) is 1. The van der Waals surface area contributed by atoms with Gasteiger partial charge >= 0.3 is 0 Å². The lowest BCUT2D eigenvalue weighted by Gasteiger charge is -2.26. The van der Waals surface area contributed by atoms with Gasteiger partial charge in [0.15, 0.2) is 5.76 Å². The lowest BCUT2D eigenvalue weighted by molar-refractivity contribution is -0.135. The first-order valence-corrected chi connectivity index (χ1v) is 9.67. The van der Waals surface area contributed by atoms with Gasteiger partial charge in [0.05, 0.1) is 17.7 Å². The van der Waals surface area contributed by atoms with Crippen LogP contribution in [0.25, 0.3) is 11.3 Å². The number of benzene rings is 2. The number of aliphatic hydroxyl groups is 1. The van der Waals surface area contributed by atoms with Crippen molar-refractivity contribution in [1.29, 1.82) is 0 Å². The molecule has 28 heavy (non-hydrogen) atoms. The molecule has 0 unspecified atom stereocenters. The zero-order valence-electron chi connectivity index (χ0n) is 15.3. The minimum Gasteiger partial charge on any atom is -0.395 e. The second-order valence-electron chi connectivity index (χ2n) is 7.10. The van der Waals surface area contributed by atoms with Crippen molar-refractivity contribution in [2.45, 2.75) is 24.8 Å². The highest BCUT2D eigenvalue weighted by Gasteiger charge is 2.55. The van der Waals surface area contributed by atoms with Gasteiger partial charge in [-0.15, -0.1) is 0 Å². The maximum Gasteiger partial charge on any atom is 0.235 e. The van der Waals surface area contributed by atoms with Crippen LogP contribution < -0.4 is 0 Å². The molecule has 0 bridgehead atoms. The average molecular weight is 397 g/mol. The lowest BCUT2D eigenvalue weighted by atomic mass is 9.99. The summed E-state index contributed by atoms with van der Waals surface area (Å²) >= 11 is 5.94. The second kappa shape index (κ2) is 7.78. The third-order valence-corrected chi connectivity index (χ3v) is 5.41. The van der Waals surface area contributed by atoms with E-state index in [-0.39, 0.29) is 19.1 Å². The van der Waals surface area contributed by atoms with E-state index in [9.17, 15) is 9.90 Å². The Kier molecular flexibility index (Phi) is 5.20. The summed E-state index contributed by atoms with van der Waals surface area (Å²) in [5, 5.41) is 14.3. The molecule has 6 heteroatoms. The molecule has 0 atom stereocenters. The average Bonchev–Trinajstić information content (AvgIpc) is 3.38. The van der Waals surface area contributed by atoms with Crippen molar-refractivity contribution >= 4 is 17.5 Å². The third-order valence-electron chi connectivity index (χ3n) is 5.16. The molecule has 0 spiro atoms. The molecule has 0 radical (unpaired) electrons. The zero-order valence-corrected chi connectivity index (χ0v) is 16.1. The monoisotopic (exact) mass is 396 g/mol. The van der Waals surface area contributed by atoms with Crippen LogP contribution in [-0.2, 0) is 16.8 Å². The van der Waals surface area contributed by atoms with Gasteiger partial charge in [0.2, 0.25) is 5.91 Å². The standard InChI is InChI=1S/C22H21ClN2O3/c23-18-8-6-17(7-9-18)19-14-20(24-28-19)22(10-11-22)21(27)25(12-13-26)15-16-4-2-1-3-5-16/h1-9,14,26H,10-13,15H2. The van der Waals surface area contributed by atoms with Crippen LogP contribution in [0.15, 0.2) is 65.2 Å². The number of halogens is 1. The highest BCUT2D eigenvalue weighted by Crippen LogP contribution is 2.50. The van der Waals surface area contributed by atoms with Crippen LogP contribution in [0.2, 0.25) is 5.02 Å². The Morgan fingerprint density at radius 1 is 1.14 bits per heavy atom. The SMILES string of the molecule is O=C(N(CCO)Cc1ccccc1)C1(c2cc(-c3ccc(Cl)cc3)on2)CC1. The second-order valence-corrected chi connectivity index (χ2v) is 7.54. The van der Waals surface area contributed by atoms with Crippen LogP contribution in [-0.4, -0.2) is 34.2 Å². The minimum absolute atomic E-state index is 0.0126. The fraction of sp³-hybridized carbons (Fsp3) is 0.273. The van der Waals surface area contributed by atoms with Gasteiger partial charge in [-0.25, -0.2) is 0 Å². The van der Waals surface area contributed by atoms with Crippen molar-refractivity contribution in [2.24, 2.45) is 0 Å². The minimum atomic E-state index is -0.655. The maximum absolute atomic E-state index is 13.3. The van der Waals surface area contributed by atoms with Gasteiger partial charge < -0.3 is 14.5 Å². The summed E-state index contributed by atoms with van der Waals surface area (Å²) in [6.07, 6.45) is 1.46. The van der Waals surface area contributed by atoms with E-state index in [1.807, 2.05) is 48.5 Å². The molecule has 1 saturated carbocycles. The summed E-state index contributed by atoms with van der Waals surface area (Å²) in [6, 6.07) is 18.9. The van der Waals surface area contributed by atoms with Crippen molar-refractivity contribution < 1.29 is 14.4 Å². The molecular formula is C22H21ClN2O3. The fourth-order valence-corrected chi connectivity index (χ4v) is 3.56. The molecule has 0 saturated heterocycles. The van der Waals surface area contributed by atoms with Gasteiger partial charge in [-0.05, 0) is 42.7 Å².